The number of nitrogens with two attached hydrogens (primary N) is 1. The number of piperidine rings is 1. The van der Waals surface area contributed by atoms with Gasteiger partial charge in [0.05, 0.1) is 22.8 Å². The number of hydrogen-bond acceptors (Lipinski definition) is 5. The van der Waals surface area contributed by atoms with Crippen molar-refractivity contribution >= 4 is 27.8 Å². The Kier molecular flexibility index (Phi) is 5.41. The molecule has 6 rings (SSSR count). The molecular weight excluding hydrogens is 454 g/mol. The number of rotatable bonds is 5. The van der Waals surface area contributed by atoms with Crippen molar-refractivity contribution in [3.05, 3.63) is 88.2 Å². The number of aromatic nitrogens is 5. The smallest absolute Gasteiger partial charge is 0.266 e. The van der Waals surface area contributed by atoms with Gasteiger partial charge in [0.1, 0.15) is 5.65 Å². The highest BCUT2D eigenvalue weighted by molar-refractivity contribution is 5.92. The summed E-state index contributed by atoms with van der Waals surface area (Å²) in [6.45, 7) is 2.79. The average Bonchev–Trinajstić information content (AvgIpc) is 3.50. The Morgan fingerprint density at radius 1 is 1.11 bits per heavy atom. The van der Waals surface area contributed by atoms with Crippen LogP contribution >= 0.6 is 0 Å². The van der Waals surface area contributed by atoms with Crippen LogP contribution in [0, 0.1) is 0 Å². The van der Waals surface area contributed by atoms with Gasteiger partial charge in [0.25, 0.3) is 5.56 Å². The number of H-pyrrole nitrogens is 1. The number of carbonyl (C=O) groups excluding carboxylic acids is 1. The Labute approximate surface area is 207 Å². The van der Waals surface area contributed by atoms with Gasteiger partial charge in [0, 0.05) is 42.6 Å². The first-order valence-corrected chi connectivity index (χ1v) is 12.1. The van der Waals surface area contributed by atoms with Crippen molar-refractivity contribution in [3.63, 3.8) is 0 Å². The normalized spacial score (nSPS) is 15.1. The lowest BCUT2D eigenvalue weighted by Crippen LogP contribution is -2.33. The minimum atomic E-state index is -0.393. The number of pyridine rings is 2. The zero-order valence-electron chi connectivity index (χ0n) is 20.0. The van der Waals surface area contributed by atoms with Crippen molar-refractivity contribution in [2.24, 2.45) is 12.8 Å². The first-order valence-electron chi connectivity index (χ1n) is 12.1. The van der Waals surface area contributed by atoms with E-state index in [1.807, 2.05) is 43.4 Å². The zero-order chi connectivity index (χ0) is 24.8. The molecule has 9 heteroatoms. The van der Waals surface area contributed by atoms with Crippen LogP contribution in [-0.4, -0.2) is 48.2 Å². The van der Waals surface area contributed by atoms with E-state index in [-0.39, 0.29) is 5.56 Å². The van der Waals surface area contributed by atoms with E-state index in [0.717, 1.165) is 60.4 Å². The van der Waals surface area contributed by atoms with Crippen LogP contribution in [0.3, 0.4) is 0 Å². The van der Waals surface area contributed by atoms with E-state index in [0.29, 0.717) is 16.9 Å². The van der Waals surface area contributed by atoms with Crippen molar-refractivity contribution in [1.29, 1.82) is 0 Å². The summed E-state index contributed by atoms with van der Waals surface area (Å²) in [6, 6.07) is 13.6. The average molecular weight is 482 g/mol. The van der Waals surface area contributed by atoms with Crippen molar-refractivity contribution in [2.45, 2.75) is 25.3 Å². The second kappa shape index (κ2) is 8.76. The van der Waals surface area contributed by atoms with Gasteiger partial charge in [-0.25, -0.2) is 4.98 Å². The quantitative estimate of drug-likeness (QED) is 0.400. The zero-order valence-corrected chi connectivity index (χ0v) is 20.0. The number of hydrogen-bond donors (Lipinski definition) is 2. The van der Waals surface area contributed by atoms with E-state index < -0.39 is 5.91 Å². The third-order valence-electron chi connectivity index (χ3n) is 7.41. The highest BCUT2D eigenvalue weighted by Gasteiger charge is 2.22. The monoisotopic (exact) mass is 481 g/mol. The third-order valence-corrected chi connectivity index (χ3v) is 7.41. The molecule has 5 aromatic rings. The molecule has 1 fully saturated rings. The van der Waals surface area contributed by atoms with Gasteiger partial charge in [-0.3, -0.25) is 24.2 Å². The van der Waals surface area contributed by atoms with Crippen LogP contribution in [0.5, 0.6) is 0 Å². The first kappa shape index (κ1) is 22.2. The molecule has 182 valence electrons. The fourth-order valence-electron chi connectivity index (χ4n) is 5.32. The summed E-state index contributed by atoms with van der Waals surface area (Å²) < 4.78 is 3.79. The number of carbonyl (C=O) groups is 1. The maximum atomic E-state index is 13.1. The SMILES string of the molecule is Cn1c(CN2CCC(c3ccc(C(N)=O)cc3)CC2)cc2c(-n3ccc4[nH]ncc4c3=O)ccnc21. The number of nitrogens with one attached hydrogen (secondary N) is 1. The van der Waals surface area contributed by atoms with E-state index >= 15 is 0 Å². The first-order chi connectivity index (χ1) is 17.5. The largest absolute Gasteiger partial charge is 0.366 e. The lowest BCUT2D eigenvalue weighted by Gasteiger charge is -2.32. The molecule has 0 unspecified atom stereocenters. The molecule has 0 atom stereocenters. The molecule has 36 heavy (non-hydrogen) atoms. The minimum absolute atomic E-state index is 0.106. The second-order valence-electron chi connectivity index (χ2n) is 9.49. The van der Waals surface area contributed by atoms with E-state index in [9.17, 15) is 9.59 Å². The van der Waals surface area contributed by atoms with Crippen LogP contribution in [0.2, 0.25) is 0 Å². The van der Waals surface area contributed by atoms with Crippen molar-refractivity contribution in [2.75, 3.05) is 13.1 Å². The summed E-state index contributed by atoms with van der Waals surface area (Å²) in [7, 11) is 2.03. The predicted molar refractivity (Wildman–Crippen MR) is 138 cm³/mol. The number of benzene rings is 1. The summed E-state index contributed by atoms with van der Waals surface area (Å²) in [6.07, 6.45) is 7.22. The Hall–Kier alpha value is -4.24. The van der Waals surface area contributed by atoms with Crippen LogP contribution in [0.15, 0.2) is 65.8 Å². The Morgan fingerprint density at radius 2 is 1.89 bits per heavy atom. The second-order valence-corrected chi connectivity index (χ2v) is 9.49. The lowest BCUT2D eigenvalue weighted by atomic mass is 9.89. The molecule has 0 bridgehead atoms. The van der Waals surface area contributed by atoms with E-state index in [1.165, 1.54) is 5.56 Å². The predicted octanol–water partition coefficient (Wildman–Crippen LogP) is 3.08. The topological polar surface area (TPSA) is 115 Å². The van der Waals surface area contributed by atoms with Crippen molar-refractivity contribution in [3.8, 4) is 5.69 Å². The molecule has 1 aromatic carbocycles. The Bertz CT molecular complexity index is 1640. The molecule has 0 aliphatic carbocycles. The lowest BCUT2D eigenvalue weighted by molar-refractivity contribution is 0.1000. The van der Waals surface area contributed by atoms with Gasteiger partial charge in [-0.05, 0) is 67.7 Å². The summed E-state index contributed by atoms with van der Waals surface area (Å²) in [5, 5.41) is 8.36. The number of likely N-dealkylation sites (tertiary alicyclic amines) is 1. The minimum Gasteiger partial charge on any atom is -0.366 e. The molecule has 0 saturated carbocycles. The molecule has 9 nitrogen and oxygen atoms in total. The van der Waals surface area contributed by atoms with Gasteiger partial charge in [-0.15, -0.1) is 0 Å². The molecule has 1 saturated heterocycles. The van der Waals surface area contributed by atoms with Gasteiger partial charge in [0.2, 0.25) is 5.91 Å². The molecule has 1 aliphatic heterocycles. The van der Waals surface area contributed by atoms with Gasteiger partial charge in [-0.1, -0.05) is 12.1 Å². The number of nitrogens with zero attached hydrogens (tertiary/aromatic N) is 5. The molecule has 0 spiro atoms. The van der Waals surface area contributed by atoms with Crippen LogP contribution in [0.4, 0.5) is 0 Å². The number of aryl methyl sites for hydroxylation is 1. The van der Waals surface area contributed by atoms with E-state index in [1.54, 1.807) is 23.2 Å². The van der Waals surface area contributed by atoms with E-state index in [4.69, 9.17) is 5.73 Å². The molecule has 5 heterocycles. The van der Waals surface area contributed by atoms with E-state index in [2.05, 4.69) is 30.7 Å². The highest BCUT2D eigenvalue weighted by atomic mass is 16.1. The van der Waals surface area contributed by atoms with Gasteiger partial charge < -0.3 is 10.3 Å². The number of aromatic amines is 1. The standard InChI is InChI=1S/C27H27N7O2/c1-32-20(16-33-11-7-18(8-12-33)17-2-4-19(5-3-17)25(28)35)14-21-24(6-10-29-26(21)32)34-13-9-23-22(27(34)36)15-30-31-23/h2-6,9-10,13-15,18H,7-8,11-12,16H2,1H3,(H2,28,35)(H,30,31). The summed E-state index contributed by atoms with van der Waals surface area (Å²) in [5.74, 6) is 0.0875. The summed E-state index contributed by atoms with van der Waals surface area (Å²) >= 11 is 0. The van der Waals surface area contributed by atoms with Gasteiger partial charge in [0.15, 0.2) is 0 Å². The van der Waals surface area contributed by atoms with Crippen LogP contribution in [0.1, 0.15) is 40.4 Å². The molecule has 3 N–H and O–H groups in total. The highest BCUT2D eigenvalue weighted by Crippen LogP contribution is 2.30. The van der Waals surface area contributed by atoms with Crippen molar-refractivity contribution < 1.29 is 4.79 Å². The summed E-state index contributed by atoms with van der Waals surface area (Å²) in [4.78, 5) is 31.5. The van der Waals surface area contributed by atoms with Gasteiger partial charge >= 0.3 is 0 Å². The Balaban J connectivity index is 1.23. The summed E-state index contributed by atoms with van der Waals surface area (Å²) in [5.41, 5.74) is 10.6. The third kappa shape index (κ3) is 3.77. The number of fused-ring (bicyclic) bond motifs is 2. The van der Waals surface area contributed by atoms with Crippen LogP contribution in [0.25, 0.3) is 27.6 Å². The molecule has 0 radical (unpaired) electrons. The fourth-order valence-corrected chi connectivity index (χ4v) is 5.32. The fraction of sp³-hybridized carbons (Fsp3) is 0.259. The van der Waals surface area contributed by atoms with Gasteiger partial charge in [-0.2, -0.15) is 5.10 Å². The van der Waals surface area contributed by atoms with Crippen LogP contribution < -0.4 is 11.3 Å². The Morgan fingerprint density at radius 3 is 2.64 bits per heavy atom. The maximum Gasteiger partial charge on any atom is 0.266 e. The molecular formula is C27H27N7O2. The van der Waals surface area contributed by atoms with Crippen molar-refractivity contribution in [1.82, 2.24) is 29.2 Å². The van der Waals surface area contributed by atoms with Crippen LogP contribution in [-0.2, 0) is 13.6 Å². The molecule has 1 amide bonds. The number of primary amides is 1. The molecule has 4 aromatic heterocycles. The number of amides is 1. The molecule has 1 aliphatic rings. The maximum absolute atomic E-state index is 13.1.